The second-order valence-electron chi connectivity index (χ2n) is 3.30. The zero-order valence-corrected chi connectivity index (χ0v) is 10.8. The zero-order chi connectivity index (χ0) is 12.1. The summed E-state index contributed by atoms with van der Waals surface area (Å²) in [5.74, 6) is -0.0358. The molecule has 1 rings (SSSR count). The summed E-state index contributed by atoms with van der Waals surface area (Å²) >= 11 is 3.07. The lowest BCUT2D eigenvalue weighted by atomic mass is 10.2. The van der Waals surface area contributed by atoms with Gasteiger partial charge in [-0.2, -0.15) is 0 Å². The van der Waals surface area contributed by atoms with Gasteiger partial charge in [-0.25, -0.2) is 4.39 Å². The predicted molar refractivity (Wildman–Crippen MR) is 64.4 cm³/mol. The molecule has 0 unspecified atom stereocenters. The number of carbonyl (C=O) groups excluding carboxylic acids is 1. The molecule has 0 N–H and O–H groups in total. The lowest BCUT2D eigenvalue weighted by Crippen LogP contribution is -2.15. The minimum atomic E-state index is -0.408. The molecule has 0 aliphatic rings. The van der Waals surface area contributed by atoms with Gasteiger partial charge in [-0.15, -0.1) is 0 Å². The normalized spacial score (nSPS) is 10.0. The molecule has 0 aliphatic heterocycles. The van der Waals surface area contributed by atoms with Gasteiger partial charge in [0.1, 0.15) is 11.6 Å². The van der Waals surface area contributed by atoms with Crippen LogP contribution in [-0.2, 0) is 4.79 Å². The van der Waals surface area contributed by atoms with Crippen LogP contribution in [0.25, 0.3) is 0 Å². The SMILES string of the molecule is CCCOc1cc(F)c(Br)cc1N(C)C=O. The predicted octanol–water partition coefficient (Wildman–Crippen LogP) is 2.97. The van der Waals surface area contributed by atoms with Crippen LogP contribution >= 0.6 is 15.9 Å². The van der Waals surface area contributed by atoms with Gasteiger partial charge >= 0.3 is 0 Å². The van der Waals surface area contributed by atoms with Gasteiger partial charge in [-0.05, 0) is 28.4 Å². The van der Waals surface area contributed by atoms with Crippen LogP contribution in [0, 0.1) is 5.82 Å². The highest BCUT2D eigenvalue weighted by atomic mass is 79.9. The van der Waals surface area contributed by atoms with Gasteiger partial charge in [-0.3, -0.25) is 4.79 Å². The second kappa shape index (κ2) is 5.84. The van der Waals surface area contributed by atoms with E-state index in [-0.39, 0.29) is 0 Å². The monoisotopic (exact) mass is 289 g/mol. The largest absolute Gasteiger partial charge is 0.491 e. The fraction of sp³-hybridized carbons (Fsp3) is 0.364. The summed E-state index contributed by atoms with van der Waals surface area (Å²) in [6, 6.07) is 2.80. The van der Waals surface area contributed by atoms with Gasteiger partial charge in [0.2, 0.25) is 6.41 Å². The third-order valence-corrected chi connectivity index (χ3v) is 2.61. The zero-order valence-electron chi connectivity index (χ0n) is 9.17. The first-order valence-corrected chi connectivity index (χ1v) is 5.69. The van der Waals surface area contributed by atoms with Crippen LogP contribution in [0.15, 0.2) is 16.6 Å². The van der Waals surface area contributed by atoms with E-state index in [0.717, 1.165) is 6.42 Å². The molecule has 0 aliphatic carbocycles. The molecule has 0 saturated heterocycles. The van der Waals surface area contributed by atoms with E-state index in [0.29, 0.717) is 28.9 Å². The Hall–Kier alpha value is -1.10. The molecule has 0 bridgehead atoms. The number of carbonyl (C=O) groups is 1. The summed E-state index contributed by atoms with van der Waals surface area (Å²) in [4.78, 5) is 12.0. The standard InChI is InChI=1S/C11H13BrFNO2/c1-3-4-16-11-6-9(13)8(12)5-10(11)14(2)7-15/h5-7H,3-4H2,1-2H3. The van der Waals surface area contributed by atoms with Crippen molar-refractivity contribution in [3.63, 3.8) is 0 Å². The lowest BCUT2D eigenvalue weighted by molar-refractivity contribution is -0.107. The maximum atomic E-state index is 13.3. The van der Waals surface area contributed by atoms with Crippen LogP contribution in [0.3, 0.4) is 0 Å². The van der Waals surface area contributed by atoms with E-state index in [1.165, 1.54) is 17.0 Å². The Morgan fingerprint density at radius 1 is 1.56 bits per heavy atom. The number of halogens is 2. The van der Waals surface area contributed by atoms with Crippen molar-refractivity contribution in [3.8, 4) is 5.75 Å². The van der Waals surface area contributed by atoms with Crippen molar-refractivity contribution in [1.82, 2.24) is 0 Å². The van der Waals surface area contributed by atoms with Crippen LogP contribution in [0.2, 0.25) is 0 Å². The molecule has 0 heterocycles. The van der Waals surface area contributed by atoms with Gasteiger partial charge in [0, 0.05) is 13.1 Å². The Bertz CT molecular complexity index is 384. The molecular formula is C11H13BrFNO2. The molecule has 3 nitrogen and oxygen atoms in total. The molecule has 5 heteroatoms. The van der Waals surface area contributed by atoms with E-state index in [2.05, 4.69) is 15.9 Å². The number of anilines is 1. The highest BCUT2D eigenvalue weighted by molar-refractivity contribution is 9.10. The van der Waals surface area contributed by atoms with E-state index in [1.807, 2.05) is 6.92 Å². The van der Waals surface area contributed by atoms with E-state index < -0.39 is 5.82 Å². The van der Waals surface area contributed by atoms with Crippen LogP contribution in [-0.4, -0.2) is 20.1 Å². The van der Waals surface area contributed by atoms with Crippen molar-refractivity contribution in [1.29, 1.82) is 0 Å². The van der Waals surface area contributed by atoms with Crippen molar-refractivity contribution in [2.24, 2.45) is 0 Å². The maximum absolute atomic E-state index is 13.3. The number of nitrogens with zero attached hydrogens (tertiary/aromatic N) is 1. The van der Waals surface area contributed by atoms with Crippen LogP contribution in [0.5, 0.6) is 5.75 Å². The first-order valence-electron chi connectivity index (χ1n) is 4.90. The average molecular weight is 290 g/mol. The third kappa shape index (κ3) is 2.95. The molecule has 0 atom stereocenters. The molecule has 0 spiro atoms. The molecule has 0 saturated carbocycles. The van der Waals surface area contributed by atoms with Gasteiger partial charge < -0.3 is 9.64 Å². The number of amides is 1. The van der Waals surface area contributed by atoms with Crippen LogP contribution < -0.4 is 9.64 Å². The van der Waals surface area contributed by atoms with Gasteiger partial charge in [0.05, 0.1) is 16.8 Å². The number of benzene rings is 1. The number of hydrogen-bond acceptors (Lipinski definition) is 2. The summed E-state index contributed by atoms with van der Waals surface area (Å²) in [5.41, 5.74) is 0.539. The number of rotatable bonds is 5. The summed E-state index contributed by atoms with van der Waals surface area (Å²) in [6.45, 7) is 2.44. The Morgan fingerprint density at radius 2 is 2.25 bits per heavy atom. The van der Waals surface area contributed by atoms with Gasteiger partial charge in [0.25, 0.3) is 0 Å². The minimum Gasteiger partial charge on any atom is -0.491 e. The Balaban J connectivity index is 3.10. The van der Waals surface area contributed by atoms with Gasteiger partial charge in [-0.1, -0.05) is 6.92 Å². The highest BCUT2D eigenvalue weighted by Gasteiger charge is 2.12. The fourth-order valence-corrected chi connectivity index (χ4v) is 1.51. The molecule has 0 radical (unpaired) electrons. The van der Waals surface area contributed by atoms with Crippen molar-refractivity contribution in [2.45, 2.75) is 13.3 Å². The van der Waals surface area contributed by atoms with Crippen LogP contribution in [0.4, 0.5) is 10.1 Å². The molecule has 1 amide bonds. The molecule has 1 aromatic rings. The molecule has 88 valence electrons. The van der Waals surface area contributed by atoms with Crippen LogP contribution in [0.1, 0.15) is 13.3 Å². The minimum absolute atomic E-state index is 0.306. The van der Waals surface area contributed by atoms with Crippen molar-refractivity contribution in [3.05, 3.63) is 22.4 Å². The molecule has 0 fully saturated rings. The first-order chi connectivity index (χ1) is 7.60. The third-order valence-electron chi connectivity index (χ3n) is 2.00. The Kier molecular flexibility index (Phi) is 4.73. The maximum Gasteiger partial charge on any atom is 0.213 e. The quantitative estimate of drug-likeness (QED) is 0.780. The van der Waals surface area contributed by atoms with E-state index in [1.54, 1.807) is 7.05 Å². The van der Waals surface area contributed by atoms with E-state index in [9.17, 15) is 9.18 Å². The molecular weight excluding hydrogens is 277 g/mol. The van der Waals surface area contributed by atoms with E-state index >= 15 is 0 Å². The average Bonchev–Trinajstić information content (AvgIpc) is 2.29. The number of hydrogen-bond donors (Lipinski definition) is 0. The highest BCUT2D eigenvalue weighted by Crippen LogP contribution is 2.32. The van der Waals surface area contributed by atoms with Crippen molar-refractivity contribution >= 4 is 28.0 Å². The Labute approximate surface area is 102 Å². The first kappa shape index (κ1) is 13.0. The summed E-state index contributed by atoms with van der Waals surface area (Å²) in [7, 11) is 1.59. The fourth-order valence-electron chi connectivity index (χ4n) is 1.18. The smallest absolute Gasteiger partial charge is 0.213 e. The summed E-state index contributed by atoms with van der Waals surface area (Å²) in [5, 5.41) is 0. The summed E-state index contributed by atoms with van der Waals surface area (Å²) in [6.07, 6.45) is 1.47. The number of ether oxygens (including phenoxy) is 1. The lowest BCUT2D eigenvalue weighted by Gasteiger charge is -2.17. The molecule has 1 aromatic carbocycles. The molecule has 0 aromatic heterocycles. The van der Waals surface area contributed by atoms with Crippen molar-refractivity contribution < 1.29 is 13.9 Å². The second-order valence-corrected chi connectivity index (χ2v) is 4.15. The Morgan fingerprint density at radius 3 is 2.81 bits per heavy atom. The topological polar surface area (TPSA) is 29.5 Å². The van der Waals surface area contributed by atoms with Gasteiger partial charge in [0.15, 0.2) is 0 Å². The summed E-state index contributed by atoms with van der Waals surface area (Å²) < 4.78 is 19.0. The van der Waals surface area contributed by atoms with Crippen molar-refractivity contribution in [2.75, 3.05) is 18.6 Å². The molecule has 16 heavy (non-hydrogen) atoms. The van der Waals surface area contributed by atoms with E-state index in [4.69, 9.17) is 4.74 Å².